The standard InChI is InChI=1S/C60H79N19O4/c1-37-31-41(7-10-47(37)79-19-11-44(12-20-79)77-25-21-75(4)22-26-77)64-57-52(68-49(45-32-38(2)71-73-45)54(69-57)65-42-13-30-83-60(34-42)17-18-60)58(81)62-36-76-23-27-78(28-24-76)43-8-5-40(6-9-43)63-56-51(53(61)80)67-50(46-33-39(3)72-74-46)55(70-56)66-48-14-29-82-35-59(48)15-16-59/h5-10,31-33,42,44,48H,11-30,34-36H2,1-4H3,(H2,61,80)(H,62,81)(H,71,73)(H,72,74)(H2,63,66,70)(H2,64,65,69). The molecule has 0 bridgehead atoms. The number of piperazine rings is 2. The predicted octanol–water partition coefficient (Wildman–Crippen LogP) is 6.39. The van der Waals surface area contributed by atoms with E-state index in [2.05, 4.69) is 116 Å². The maximum absolute atomic E-state index is 14.7. The second-order valence-electron chi connectivity index (χ2n) is 24.4. The van der Waals surface area contributed by atoms with Crippen LogP contribution in [0.4, 0.5) is 46.0 Å². The number of aromatic nitrogens is 8. The van der Waals surface area contributed by atoms with Crippen LogP contribution in [0, 0.1) is 26.2 Å². The number of piperidine rings is 1. The van der Waals surface area contributed by atoms with E-state index in [0.717, 1.165) is 144 Å². The van der Waals surface area contributed by atoms with Crippen molar-refractivity contribution in [2.75, 3.05) is 130 Å². The molecule has 2 atom stereocenters. The van der Waals surface area contributed by atoms with Crippen molar-refractivity contribution in [3.63, 3.8) is 0 Å². The summed E-state index contributed by atoms with van der Waals surface area (Å²) in [5.74, 6) is 0.711. The van der Waals surface area contributed by atoms with Crippen LogP contribution >= 0.6 is 0 Å². The largest absolute Gasteiger partial charge is 0.381 e. The molecule has 7 fully saturated rings. The molecule has 2 unspecified atom stereocenters. The van der Waals surface area contributed by atoms with E-state index in [1.807, 2.05) is 38.1 Å². The molecule has 438 valence electrons. The normalized spacial score (nSPS) is 21.9. The van der Waals surface area contributed by atoms with E-state index in [0.29, 0.717) is 85.8 Å². The van der Waals surface area contributed by atoms with E-state index >= 15 is 0 Å². The Bertz CT molecular complexity index is 3310. The number of nitrogens with one attached hydrogen (secondary N) is 7. The van der Waals surface area contributed by atoms with Gasteiger partial charge in [0.05, 0.1) is 18.9 Å². The van der Waals surface area contributed by atoms with Crippen molar-refractivity contribution in [1.29, 1.82) is 0 Å². The zero-order valence-electron chi connectivity index (χ0n) is 48.3. The van der Waals surface area contributed by atoms with Gasteiger partial charge in [-0.05, 0) is 146 Å². The van der Waals surface area contributed by atoms with Gasteiger partial charge < -0.3 is 56.5 Å². The third-order valence-corrected chi connectivity index (χ3v) is 18.3. The van der Waals surface area contributed by atoms with Crippen LogP contribution in [0.15, 0.2) is 54.6 Å². The molecule has 5 saturated heterocycles. The van der Waals surface area contributed by atoms with E-state index in [1.54, 1.807) is 0 Å². The Hall–Kier alpha value is -7.44. The molecule has 7 aliphatic rings. The van der Waals surface area contributed by atoms with Crippen molar-refractivity contribution in [3.8, 4) is 22.8 Å². The number of amides is 2. The number of hydrogen-bond acceptors (Lipinski definition) is 19. The monoisotopic (exact) mass is 1130 g/mol. The number of rotatable bonds is 17. The van der Waals surface area contributed by atoms with Crippen LogP contribution in [0.1, 0.15) is 95.7 Å². The molecule has 0 radical (unpaired) electrons. The third-order valence-electron chi connectivity index (χ3n) is 18.3. The van der Waals surface area contributed by atoms with Gasteiger partial charge >= 0.3 is 0 Å². The molecule has 2 amide bonds. The minimum absolute atomic E-state index is 0.0213. The molecule has 23 heteroatoms. The average Bonchev–Trinajstić information content (AvgIpc) is 3.67. The van der Waals surface area contributed by atoms with E-state index in [1.165, 1.54) is 5.69 Å². The average molecular weight is 1130 g/mol. The minimum atomic E-state index is -0.699. The van der Waals surface area contributed by atoms with Crippen molar-refractivity contribution < 1.29 is 19.1 Å². The number of aryl methyl sites for hydroxylation is 3. The van der Waals surface area contributed by atoms with Gasteiger partial charge in [-0.25, -0.2) is 19.9 Å². The van der Waals surface area contributed by atoms with E-state index < -0.39 is 5.91 Å². The highest BCUT2D eigenvalue weighted by molar-refractivity contribution is 5.99. The van der Waals surface area contributed by atoms with Gasteiger partial charge in [0.1, 0.15) is 22.8 Å². The zero-order chi connectivity index (χ0) is 56.8. The van der Waals surface area contributed by atoms with E-state index in [9.17, 15) is 9.59 Å². The number of carbonyl (C=O) groups is 2. The molecule has 5 aliphatic heterocycles. The molecular weight excluding hydrogens is 1050 g/mol. The molecular formula is C60H79N19O4. The Morgan fingerprint density at radius 2 is 1.33 bits per heavy atom. The van der Waals surface area contributed by atoms with Crippen LogP contribution in [0.3, 0.4) is 0 Å². The first kappa shape index (κ1) is 54.8. The molecule has 13 rings (SSSR count). The van der Waals surface area contributed by atoms with Gasteiger partial charge in [0, 0.05) is 136 Å². The summed E-state index contributed by atoms with van der Waals surface area (Å²) >= 11 is 0. The van der Waals surface area contributed by atoms with Crippen LogP contribution in [-0.4, -0.2) is 190 Å². The lowest BCUT2D eigenvalue weighted by molar-refractivity contribution is -0.00884. The highest BCUT2D eigenvalue weighted by Crippen LogP contribution is 2.53. The first-order valence-corrected chi connectivity index (χ1v) is 29.9. The summed E-state index contributed by atoms with van der Waals surface area (Å²) in [6.07, 6.45) is 9.18. The lowest BCUT2D eigenvalue weighted by Gasteiger charge is -2.43. The number of primary amides is 1. The van der Waals surface area contributed by atoms with Crippen LogP contribution in [0.2, 0.25) is 0 Å². The fraction of sp³-hybridized carbons (Fsp3) is 0.533. The first-order valence-electron chi connectivity index (χ1n) is 29.9. The highest BCUT2D eigenvalue weighted by atomic mass is 16.5. The summed E-state index contributed by atoms with van der Waals surface area (Å²) in [4.78, 5) is 60.0. The zero-order valence-corrected chi connectivity index (χ0v) is 48.3. The summed E-state index contributed by atoms with van der Waals surface area (Å²) < 4.78 is 12.1. The molecule has 9 heterocycles. The number of H-pyrrole nitrogens is 2. The lowest BCUT2D eigenvalue weighted by atomic mass is 9.92. The Morgan fingerprint density at radius 3 is 1.96 bits per heavy atom. The maximum atomic E-state index is 14.7. The number of aromatic amines is 2. The molecule has 2 aliphatic carbocycles. The predicted molar refractivity (Wildman–Crippen MR) is 321 cm³/mol. The van der Waals surface area contributed by atoms with E-state index in [-0.39, 0.29) is 46.2 Å². The first-order chi connectivity index (χ1) is 40.3. The van der Waals surface area contributed by atoms with E-state index in [4.69, 9.17) is 35.1 Å². The van der Waals surface area contributed by atoms with Crippen molar-refractivity contribution >= 4 is 57.8 Å². The number of nitrogens with zero attached hydrogens (tertiary/aromatic N) is 11. The van der Waals surface area contributed by atoms with Crippen molar-refractivity contribution in [1.82, 2.24) is 60.3 Å². The van der Waals surface area contributed by atoms with Crippen molar-refractivity contribution in [2.45, 2.75) is 102 Å². The Labute approximate surface area is 484 Å². The number of hydrogen-bond donors (Lipinski definition) is 8. The molecule has 4 aromatic heterocycles. The molecule has 2 saturated carbocycles. The number of carbonyl (C=O) groups excluding carboxylic acids is 2. The Kier molecular flexibility index (Phi) is 15.2. The van der Waals surface area contributed by atoms with Gasteiger partial charge in [-0.15, -0.1) is 0 Å². The quantitative estimate of drug-likeness (QED) is 0.0492. The van der Waals surface area contributed by atoms with Crippen LogP contribution < -0.4 is 42.1 Å². The topological polar surface area (TPSA) is 264 Å². The highest BCUT2D eigenvalue weighted by Gasteiger charge is 2.52. The van der Waals surface area contributed by atoms with Gasteiger partial charge in [-0.3, -0.25) is 29.6 Å². The Balaban J connectivity index is 0.688. The van der Waals surface area contributed by atoms with Gasteiger partial charge in [-0.2, -0.15) is 10.2 Å². The second kappa shape index (κ2) is 23.0. The molecule has 9 N–H and O–H groups in total. The third kappa shape index (κ3) is 12.0. The SMILES string of the molecule is Cc1cc(-c2nc(C(=O)NCN3CCN(c4ccc(Nc5nc(NC6CCOCC67CC7)c(-c6cc(C)[nH]n6)nc5C(N)=O)cc4)CC3)c(Nc3ccc(N4CCC(N5CCN(C)CC5)CC4)c(C)c3)nc2NC2CCOC3(CC3)C2)n[nH]1. The van der Waals surface area contributed by atoms with Crippen LogP contribution in [0.5, 0.6) is 0 Å². The minimum Gasteiger partial charge on any atom is -0.381 e. The molecule has 6 aromatic rings. The fourth-order valence-corrected chi connectivity index (χ4v) is 13.0. The lowest BCUT2D eigenvalue weighted by Crippen LogP contribution is -2.52. The summed E-state index contributed by atoms with van der Waals surface area (Å²) in [5, 5.41) is 32.7. The molecule has 2 aromatic carbocycles. The van der Waals surface area contributed by atoms with Gasteiger partial charge in [0.15, 0.2) is 34.7 Å². The summed E-state index contributed by atoms with van der Waals surface area (Å²) in [5.41, 5.74) is 15.1. The number of likely N-dealkylation sites (N-methyl/N-ethyl adjacent to an activating group) is 1. The number of anilines is 8. The fourth-order valence-electron chi connectivity index (χ4n) is 13.0. The smallest absolute Gasteiger partial charge is 0.274 e. The van der Waals surface area contributed by atoms with Gasteiger partial charge in [-0.1, -0.05) is 0 Å². The number of benzene rings is 2. The summed E-state index contributed by atoms with van der Waals surface area (Å²) in [6, 6.07) is 19.2. The van der Waals surface area contributed by atoms with Gasteiger partial charge in [0.25, 0.3) is 11.8 Å². The van der Waals surface area contributed by atoms with Crippen molar-refractivity contribution in [2.24, 2.45) is 11.1 Å². The summed E-state index contributed by atoms with van der Waals surface area (Å²) in [6.45, 7) is 17.9. The summed E-state index contributed by atoms with van der Waals surface area (Å²) in [7, 11) is 2.22. The Morgan fingerprint density at radius 1 is 0.675 bits per heavy atom. The number of ether oxygens (including phenoxy) is 2. The maximum Gasteiger partial charge on any atom is 0.274 e. The van der Waals surface area contributed by atoms with Crippen molar-refractivity contribution in [3.05, 3.63) is 82.9 Å². The van der Waals surface area contributed by atoms with Crippen LogP contribution in [-0.2, 0) is 9.47 Å². The molecule has 23 nitrogen and oxygen atoms in total. The van der Waals surface area contributed by atoms with Gasteiger partial charge in [0.2, 0.25) is 0 Å². The molecule has 83 heavy (non-hydrogen) atoms. The molecule has 2 spiro atoms. The number of nitrogens with two attached hydrogens (primary N) is 1. The van der Waals surface area contributed by atoms with Crippen LogP contribution in [0.25, 0.3) is 22.8 Å². The second-order valence-corrected chi connectivity index (χ2v) is 24.4.